The second-order valence-corrected chi connectivity index (χ2v) is 7.62. The van der Waals surface area contributed by atoms with E-state index in [9.17, 15) is 0 Å². The van der Waals surface area contributed by atoms with Crippen LogP contribution in [0.15, 0.2) is 0 Å². The number of nitriles is 1. The van der Waals surface area contributed by atoms with Gasteiger partial charge < -0.3 is 0 Å². The molecule has 0 saturated carbocycles. The Kier molecular flexibility index (Phi) is 9.99. The predicted molar refractivity (Wildman–Crippen MR) is 89.5 cm³/mol. The van der Waals surface area contributed by atoms with Gasteiger partial charge in [0.1, 0.15) is 0 Å². The van der Waals surface area contributed by atoms with Crippen LogP contribution in [0.3, 0.4) is 0 Å². The van der Waals surface area contributed by atoms with Gasteiger partial charge in [-0.05, 0) is 42.4 Å². The Morgan fingerprint density at radius 3 is 2.15 bits per heavy atom. The highest BCUT2D eigenvalue weighted by atomic mass is 14.3. The Bertz CT molecular complexity index is 270. The summed E-state index contributed by atoms with van der Waals surface area (Å²) < 4.78 is 0. The summed E-state index contributed by atoms with van der Waals surface area (Å²) in [5.41, 5.74) is 0.469. The molecule has 0 heterocycles. The Balaban J connectivity index is 4.03. The molecule has 1 nitrogen and oxygen atoms in total. The van der Waals surface area contributed by atoms with Crippen LogP contribution in [0, 0.1) is 34.5 Å². The topological polar surface area (TPSA) is 23.8 Å². The maximum atomic E-state index is 8.62. The highest BCUT2D eigenvalue weighted by Crippen LogP contribution is 2.36. The van der Waals surface area contributed by atoms with Crippen molar-refractivity contribution in [3.8, 4) is 6.07 Å². The van der Waals surface area contributed by atoms with Crippen molar-refractivity contribution in [3.63, 3.8) is 0 Å². The zero-order chi connectivity index (χ0) is 15.6. The second kappa shape index (κ2) is 10.3. The first-order valence-corrected chi connectivity index (χ1v) is 8.73. The summed E-state index contributed by atoms with van der Waals surface area (Å²) in [5.74, 6) is 2.45. The molecule has 0 aliphatic carbocycles. The summed E-state index contributed by atoms with van der Waals surface area (Å²) in [6.45, 7) is 14.3. The van der Waals surface area contributed by atoms with Gasteiger partial charge in [0.15, 0.2) is 0 Å². The Morgan fingerprint density at radius 1 is 1.05 bits per heavy atom. The minimum absolute atomic E-state index is 0.469. The van der Waals surface area contributed by atoms with E-state index in [2.05, 4.69) is 47.6 Å². The first-order chi connectivity index (χ1) is 9.36. The smallest absolute Gasteiger partial charge is 0.0621 e. The van der Waals surface area contributed by atoms with E-state index in [1.165, 1.54) is 38.5 Å². The second-order valence-electron chi connectivity index (χ2n) is 7.62. The summed E-state index contributed by atoms with van der Waals surface area (Å²) in [7, 11) is 0. The van der Waals surface area contributed by atoms with Crippen molar-refractivity contribution >= 4 is 0 Å². The van der Waals surface area contributed by atoms with E-state index in [4.69, 9.17) is 5.26 Å². The van der Waals surface area contributed by atoms with Gasteiger partial charge in [-0.1, -0.05) is 67.2 Å². The molecule has 118 valence electrons. The molecule has 0 aromatic rings. The minimum atomic E-state index is 0.469. The molecule has 2 unspecified atom stereocenters. The molecular weight excluding hydrogens is 242 g/mol. The van der Waals surface area contributed by atoms with Crippen LogP contribution < -0.4 is 0 Å². The van der Waals surface area contributed by atoms with E-state index in [1.807, 2.05) is 0 Å². The average molecular weight is 280 g/mol. The summed E-state index contributed by atoms with van der Waals surface area (Å²) in [6, 6.07) is 2.26. The molecular formula is C19H37N. The van der Waals surface area contributed by atoms with Crippen molar-refractivity contribution in [2.75, 3.05) is 0 Å². The zero-order valence-corrected chi connectivity index (χ0v) is 14.8. The fourth-order valence-electron chi connectivity index (χ4n) is 3.62. The van der Waals surface area contributed by atoms with Crippen LogP contribution in [0.1, 0.15) is 92.9 Å². The molecule has 0 saturated heterocycles. The Hall–Kier alpha value is -0.510. The number of hydrogen-bond acceptors (Lipinski definition) is 1. The molecule has 20 heavy (non-hydrogen) atoms. The van der Waals surface area contributed by atoms with Crippen LogP contribution in [-0.4, -0.2) is 0 Å². The van der Waals surface area contributed by atoms with E-state index in [1.54, 1.807) is 0 Å². The van der Waals surface area contributed by atoms with E-state index >= 15 is 0 Å². The van der Waals surface area contributed by atoms with E-state index in [0.29, 0.717) is 11.3 Å². The fraction of sp³-hybridized carbons (Fsp3) is 0.947. The SMILES string of the molecule is CCC(CC)C(C)CC(C)(C)CCCC(C)CCC#N. The highest BCUT2D eigenvalue weighted by molar-refractivity contribution is 4.76. The number of nitrogens with zero attached hydrogens (tertiary/aromatic N) is 1. The summed E-state index contributed by atoms with van der Waals surface area (Å²) in [6.07, 6.45) is 9.70. The van der Waals surface area contributed by atoms with E-state index in [-0.39, 0.29) is 0 Å². The van der Waals surface area contributed by atoms with Crippen LogP contribution in [0.4, 0.5) is 0 Å². The van der Waals surface area contributed by atoms with E-state index < -0.39 is 0 Å². The number of hydrogen-bond donors (Lipinski definition) is 0. The van der Waals surface area contributed by atoms with Crippen molar-refractivity contribution in [1.29, 1.82) is 5.26 Å². The van der Waals surface area contributed by atoms with Crippen molar-refractivity contribution in [2.24, 2.45) is 23.2 Å². The lowest BCUT2D eigenvalue weighted by Crippen LogP contribution is -2.20. The molecule has 0 amide bonds. The number of rotatable bonds is 11. The van der Waals surface area contributed by atoms with Crippen LogP contribution in [-0.2, 0) is 0 Å². The third-order valence-corrected chi connectivity index (χ3v) is 5.03. The molecule has 2 atom stereocenters. The molecule has 0 aliphatic rings. The lowest BCUT2D eigenvalue weighted by Gasteiger charge is -2.32. The quantitative estimate of drug-likeness (QED) is 0.419. The van der Waals surface area contributed by atoms with E-state index in [0.717, 1.165) is 24.7 Å². The molecule has 0 rings (SSSR count). The fourth-order valence-corrected chi connectivity index (χ4v) is 3.62. The molecule has 0 aromatic heterocycles. The monoisotopic (exact) mass is 279 g/mol. The summed E-state index contributed by atoms with van der Waals surface area (Å²) in [4.78, 5) is 0. The molecule has 0 radical (unpaired) electrons. The third-order valence-electron chi connectivity index (χ3n) is 5.03. The predicted octanol–water partition coefficient (Wildman–Crippen LogP) is 6.59. The van der Waals surface area contributed by atoms with Crippen LogP contribution in [0.5, 0.6) is 0 Å². The zero-order valence-electron chi connectivity index (χ0n) is 14.8. The van der Waals surface area contributed by atoms with Crippen molar-refractivity contribution in [1.82, 2.24) is 0 Å². The normalized spacial score (nSPS) is 15.1. The van der Waals surface area contributed by atoms with Crippen LogP contribution in [0.25, 0.3) is 0 Å². The highest BCUT2D eigenvalue weighted by Gasteiger charge is 2.24. The molecule has 0 N–H and O–H groups in total. The van der Waals surface area contributed by atoms with Gasteiger partial charge in [0.2, 0.25) is 0 Å². The van der Waals surface area contributed by atoms with Gasteiger partial charge >= 0.3 is 0 Å². The maximum absolute atomic E-state index is 8.62. The van der Waals surface area contributed by atoms with Crippen molar-refractivity contribution < 1.29 is 0 Å². The minimum Gasteiger partial charge on any atom is -0.198 e. The van der Waals surface area contributed by atoms with Crippen LogP contribution in [0.2, 0.25) is 0 Å². The van der Waals surface area contributed by atoms with Crippen molar-refractivity contribution in [2.45, 2.75) is 92.9 Å². The average Bonchev–Trinajstić information content (AvgIpc) is 2.36. The van der Waals surface area contributed by atoms with Gasteiger partial charge in [0, 0.05) is 6.42 Å². The van der Waals surface area contributed by atoms with Crippen LogP contribution >= 0.6 is 0 Å². The van der Waals surface area contributed by atoms with Crippen molar-refractivity contribution in [3.05, 3.63) is 0 Å². The lowest BCUT2D eigenvalue weighted by atomic mass is 9.74. The third kappa shape index (κ3) is 8.62. The summed E-state index contributed by atoms with van der Waals surface area (Å²) in [5, 5.41) is 8.62. The Morgan fingerprint density at radius 2 is 1.65 bits per heavy atom. The van der Waals surface area contributed by atoms with Gasteiger partial charge in [0.25, 0.3) is 0 Å². The van der Waals surface area contributed by atoms with Gasteiger partial charge in [0.05, 0.1) is 6.07 Å². The van der Waals surface area contributed by atoms with Gasteiger partial charge in [-0.3, -0.25) is 0 Å². The largest absolute Gasteiger partial charge is 0.198 e. The first-order valence-electron chi connectivity index (χ1n) is 8.73. The summed E-state index contributed by atoms with van der Waals surface area (Å²) >= 11 is 0. The molecule has 0 aromatic carbocycles. The standard InChI is InChI=1S/C19H37N/c1-7-18(8-2)17(4)15-19(5,6)13-9-11-16(3)12-10-14-20/h16-18H,7-13,15H2,1-6H3. The Labute approximate surface area is 128 Å². The molecule has 0 fully saturated rings. The van der Waals surface area contributed by atoms with Gasteiger partial charge in [-0.25, -0.2) is 0 Å². The maximum Gasteiger partial charge on any atom is 0.0621 e. The molecule has 0 spiro atoms. The molecule has 0 bridgehead atoms. The molecule has 0 aliphatic heterocycles. The lowest BCUT2D eigenvalue weighted by molar-refractivity contribution is 0.193. The first kappa shape index (κ1) is 19.5. The van der Waals surface area contributed by atoms with Gasteiger partial charge in [-0.15, -0.1) is 0 Å². The molecule has 1 heteroatoms. The van der Waals surface area contributed by atoms with Gasteiger partial charge in [-0.2, -0.15) is 5.26 Å².